The third-order valence-electron chi connectivity index (χ3n) is 5.26. The van der Waals surface area contributed by atoms with E-state index in [1.54, 1.807) is 4.90 Å². The number of sulfonamides is 1. The van der Waals surface area contributed by atoms with Crippen LogP contribution in [0, 0.1) is 0 Å². The van der Waals surface area contributed by atoms with E-state index in [9.17, 15) is 13.2 Å². The maximum absolute atomic E-state index is 12.7. The summed E-state index contributed by atoms with van der Waals surface area (Å²) in [7, 11) is -3.37. The van der Waals surface area contributed by atoms with Gasteiger partial charge in [0.05, 0.1) is 11.5 Å². The summed E-state index contributed by atoms with van der Waals surface area (Å²) in [6.07, 6.45) is 0. The van der Waals surface area contributed by atoms with Crippen molar-refractivity contribution in [1.29, 1.82) is 0 Å². The van der Waals surface area contributed by atoms with E-state index >= 15 is 0 Å². The van der Waals surface area contributed by atoms with Crippen molar-refractivity contribution in [2.45, 2.75) is 10.6 Å². The summed E-state index contributed by atoms with van der Waals surface area (Å²) in [5.41, 5.74) is 0.780. The number of fused-ring (bicyclic) bond motifs is 1. The number of nitrogens with zero attached hydrogens (tertiary/aromatic N) is 2. The number of carbonyl (C=O) groups excluding carboxylic acids is 1. The standard InChI is InChI=1S/C23H24N2O3S2/c26-23(17-29-22-11-10-20-8-4-5-9-21(20)16-22)24-12-14-25(15-13-24)30(27,28)18-19-6-2-1-3-7-19/h1-11,16H,12-15,17-18H2. The maximum atomic E-state index is 12.7. The van der Waals surface area contributed by atoms with Crippen LogP contribution in [0.5, 0.6) is 0 Å². The molecule has 1 aliphatic heterocycles. The molecule has 0 N–H and O–H groups in total. The molecule has 156 valence electrons. The second-order valence-electron chi connectivity index (χ2n) is 7.32. The molecule has 1 saturated heterocycles. The van der Waals surface area contributed by atoms with Gasteiger partial charge in [-0.25, -0.2) is 8.42 Å². The molecule has 0 bridgehead atoms. The normalized spacial score (nSPS) is 15.4. The Balaban J connectivity index is 1.29. The zero-order valence-electron chi connectivity index (χ0n) is 16.6. The average molecular weight is 441 g/mol. The molecule has 0 aromatic heterocycles. The summed E-state index contributed by atoms with van der Waals surface area (Å²) in [5, 5.41) is 2.34. The molecule has 7 heteroatoms. The highest BCUT2D eigenvalue weighted by Crippen LogP contribution is 2.24. The highest BCUT2D eigenvalue weighted by molar-refractivity contribution is 8.00. The van der Waals surface area contributed by atoms with Crippen molar-refractivity contribution in [3.05, 3.63) is 78.4 Å². The number of piperazine rings is 1. The molecule has 1 fully saturated rings. The number of carbonyl (C=O) groups is 1. The van der Waals surface area contributed by atoms with E-state index in [2.05, 4.69) is 24.3 Å². The highest BCUT2D eigenvalue weighted by atomic mass is 32.2. The molecule has 3 aromatic carbocycles. The fourth-order valence-electron chi connectivity index (χ4n) is 3.59. The smallest absolute Gasteiger partial charge is 0.233 e. The molecule has 0 unspecified atom stereocenters. The Morgan fingerprint density at radius 2 is 1.50 bits per heavy atom. The van der Waals surface area contributed by atoms with Crippen LogP contribution in [0.15, 0.2) is 77.7 Å². The van der Waals surface area contributed by atoms with Gasteiger partial charge in [-0.15, -0.1) is 11.8 Å². The highest BCUT2D eigenvalue weighted by Gasteiger charge is 2.28. The molecule has 1 amide bonds. The number of benzene rings is 3. The monoisotopic (exact) mass is 440 g/mol. The van der Waals surface area contributed by atoms with Crippen LogP contribution < -0.4 is 0 Å². The van der Waals surface area contributed by atoms with Gasteiger partial charge in [0.25, 0.3) is 0 Å². The van der Waals surface area contributed by atoms with Gasteiger partial charge in [-0.05, 0) is 28.5 Å². The molecule has 0 spiro atoms. The van der Waals surface area contributed by atoms with Crippen LogP contribution in [-0.2, 0) is 20.6 Å². The third kappa shape index (κ3) is 5.03. The zero-order chi connectivity index (χ0) is 21.0. The molecule has 1 heterocycles. The van der Waals surface area contributed by atoms with Gasteiger partial charge in [0, 0.05) is 31.1 Å². The van der Waals surface area contributed by atoms with Crippen molar-refractivity contribution in [2.75, 3.05) is 31.9 Å². The lowest BCUT2D eigenvalue weighted by Crippen LogP contribution is -2.51. The largest absolute Gasteiger partial charge is 0.339 e. The Hall–Kier alpha value is -2.35. The van der Waals surface area contributed by atoms with Gasteiger partial charge in [-0.2, -0.15) is 4.31 Å². The lowest BCUT2D eigenvalue weighted by molar-refractivity contribution is -0.129. The Labute approximate surface area is 181 Å². The van der Waals surface area contributed by atoms with Crippen molar-refractivity contribution in [2.24, 2.45) is 0 Å². The summed E-state index contributed by atoms with van der Waals surface area (Å²) >= 11 is 1.52. The predicted octanol–water partition coefficient (Wildman–Crippen LogP) is 3.61. The van der Waals surface area contributed by atoms with Gasteiger partial charge >= 0.3 is 0 Å². The number of rotatable bonds is 6. The average Bonchev–Trinajstić information content (AvgIpc) is 2.78. The minimum atomic E-state index is -3.37. The van der Waals surface area contributed by atoms with E-state index < -0.39 is 10.0 Å². The summed E-state index contributed by atoms with van der Waals surface area (Å²) < 4.78 is 26.8. The fraction of sp³-hybridized carbons (Fsp3) is 0.261. The Kier molecular flexibility index (Phi) is 6.41. The fourth-order valence-corrected chi connectivity index (χ4v) is 5.95. The van der Waals surface area contributed by atoms with Crippen molar-refractivity contribution >= 4 is 38.5 Å². The molecule has 0 radical (unpaired) electrons. The quantitative estimate of drug-likeness (QED) is 0.550. The van der Waals surface area contributed by atoms with Gasteiger partial charge in [0.2, 0.25) is 15.9 Å². The molecular formula is C23H24N2O3S2. The summed E-state index contributed by atoms with van der Waals surface area (Å²) in [6.45, 7) is 1.57. The van der Waals surface area contributed by atoms with Crippen LogP contribution in [0.2, 0.25) is 0 Å². The first-order valence-corrected chi connectivity index (χ1v) is 12.5. The summed E-state index contributed by atoms with van der Waals surface area (Å²) in [4.78, 5) is 15.4. The van der Waals surface area contributed by atoms with Crippen molar-refractivity contribution in [3.63, 3.8) is 0 Å². The lowest BCUT2D eigenvalue weighted by atomic mass is 10.1. The second kappa shape index (κ2) is 9.20. The minimum absolute atomic E-state index is 0.000395. The van der Waals surface area contributed by atoms with Gasteiger partial charge in [-0.1, -0.05) is 60.7 Å². The maximum Gasteiger partial charge on any atom is 0.233 e. The van der Waals surface area contributed by atoms with Crippen LogP contribution in [0.25, 0.3) is 10.8 Å². The van der Waals surface area contributed by atoms with E-state index in [4.69, 9.17) is 0 Å². The molecular weight excluding hydrogens is 416 g/mol. The van der Waals surface area contributed by atoms with Crippen molar-refractivity contribution in [1.82, 2.24) is 9.21 Å². The summed E-state index contributed by atoms with van der Waals surface area (Å²) in [6, 6.07) is 23.6. The van der Waals surface area contributed by atoms with E-state index in [-0.39, 0.29) is 11.7 Å². The number of hydrogen-bond acceptors (Lipinski definition) is 4. The molecule has 3 aromatic rings. The predicted molar refractivity (Wildman–Crippen MR) is 122 cm³/mol. The minimum Gasteiger partial charge on any atom is -0.339 e. The van der Waals surface area contributed by atoms with Crippen LogP contribution in [0.3, 0.4) is 0 Å². The Bertz CT molecular complexity index is 1130. The number of amides is 1. The van der Waals surface area contributed by atoms with E-state index in [0.29, 0.717) is 31.9 Å². The molecule has 0 aliphatic carbocycles. The molecule has 0 atom stereocenters. The first-order chi connectivity index (χ1) is 14.5. The van der Waals surface area contributed by atoms with Crippen LogP contribution >= 0.6 is 11.8 Å². The first-order valence-electron chi connectivity index (χ1n) is 9.92. The molecule has 30 heavy (non-hydrogen) atoms. The van der Waals surface area contributed by atoms with E-state index in [0.717, 1.165) is 15.8 Å². The lowest BCUT2D eigenvalue weighted by Gasteiger charge is -2.34. The van der Waals surface area contributed by atoms with Gasteiger partial charge < -0.3 is 4.90 Å². The molecule has 1 aliphatic rings. The molecule has 5 nitrogen and oxygen atoms in total. The Morgan fingerprint density at radius 1 is 0.833 bits per heavy atom. The van der Waals surface area contributed by atoms with Crippen molar-refractivity contribution in [3.8, 4) is 0 Å². The molecule has 4 rings (SSSR count). The van der Waals surface area contributed by atoms with Crippen LogP contribution in [0.4, 0.5) is 0 Å². The van der Waals surface area contributed by atoms with Crippen LogP contribution in [-0.4, -0.2) is 55.5 Å². The zero-order valence-corrected chi connectivity index (χ0v) is 18.2. The van der Waals surface area contributed by atoms with Crippen LogP contribution in [0.1, 0.15) is 5.56 Å². The SMILES string of the molecule is O=C(CSc1ccc2ccccc2c1)N1CCN(S(=O)(=O)Cc2ccccc2)CC1. The Morgan fingerprint density at radius 3 is 2.23 bits per heavy atom. The first kappa shape index (κ1) is 20.9. The van der Waals surface area contributed by atoms with Crippen molar-refractivity contribution < 1.29 is 13.2 Å². The molecule has 0 saturated carbocycles. The van der Waals surface area contributed by atoms with Gasteiger partial charge in [0.1, 0.15) is 0 Å². The third-order valence-corrected chi connectivity index (χ3v) is 8.09. The van der Waals surface area contributed by atoms with Gasteiger partial charge in [-0.3, -0.25) is 4.79 Å². The van der Waals surface area contributed by atoms with E-state index in [1.807, 2.05) is 48.5 Å². The van der Waals surface area contributed by atoms with Gasteiger partial charge in [0.15, 0.2) is 0 Å². The second-order valence-corrected chi connectivity index (χ2v) is 10.3. The number of thioether (sulfide) groups is 1. The van der Waals surface area contributed by atoms with E-state index in [1.165, 1.54) is 21.5 Å². The number of hydrogen-bond donors (Lipinski definition) is 0. The summed E-state index contributed by atoms with van der Waals surface area (Å²) in [5.74, 6) is 0.405. The topological polar surface area (TPSA) is 57.7 Å².